The van der Waals surface area contributed by atoms with Crippen molar-refractivity contribution >= 4 is 21.9 Å². The van der Waals surface area contributed by atoms with Crippen molar-refractivity contribution in [2.24, 2.45) is 5.73 Å². The monoisotopic (exact) mass is 243 g/mol. The Morgan fingerprint density at radius 1 is 1.17 bits per heavy atom. The van der Waals surface area contributed by atoms with Crippen LogP contribution in [-0.4, -0.2) is 0 Å². The molecule has 0 spiro atoms. The third-order valence-corrected chi connectivity index (χ3v) is 3.32. The van der Waals surface area contributed by atoms with Crippen molar-refractivity contribution in [2.45, 2.75) is 20.4 Å². The van der Waals surface area contributed by atoms with E-state index in [0.717, 1.165) is 27.7 Å². The zero-order valence-corrected chi connectivity index (χ0v) is 10.2. The van der Waals surface area contributed by atoms with Crippen molar-refractivity contribution < 1.29 is 8.83 Å². The number of rotatable bonds is 1. The molecule has 0 saturated carbocycles. The molecule has 2 aromatic heterocycles. The molecule has 0 aliphatic carbocycles. The van der Waals surface area contributed by atoms with Crippen LogP contribution in [0.4, 0.5) is 0 Å². The molecule has 0 unspecified atom stereocenters. The first-order valence-corrected chi connectivity index (χ1v) is 5.77. The van der Waals surface area contributed by atoms with E-state index in [4.69, 9.17) is 14.6 Å². The molecule has 0 saturated heterocycles. The molecule has 4 heteroatoms. The molecule has 0 fully saturated rings. The van der Waals surface area contributed by atoms with Crippen LogP contribution in [0.2, 0.25) is 0 Å². The Morgan fingerprint density at radius 3 is 2.67 bits per heavy atom. The standard InChI is InChI=1S/C14H13NO3/c1-7-8(2)17-14-10(6-15)5-9-3-4-11(16)18-13(9)12(7)14/h3-5H,6,15H2,1-2H3. The van der Waals surface area contributed by atoms with Gasteiger partial charge in [-0.25, -0.2) is 4.79 Å². The number of furan rings is 1. The normalized spacial score (nSPS) is 11.5. The Kier molecular flexibility index (Phi) is 2.28. The lowest BCUT2D eigenvalue weighted by atomic mass is 10.0. The summed E-state index contributed by atoms with van der Waals surface area (Å²) in [4.78, 5) is 11.4. The van der Waals surface area contributed by atoms with Gasteiger partial charge in [-0.05, 0) is 26.0 Å². The van der Waals surface area contributed by atoms with E-state index < -0.39 is 0 Å². The van der Waals surface area contributed by atoms with Crippen LogP contribution >= 0.6 is 0 Å². The molecule has 2 heterocycles. The molecule has 4 nitrogen and oxygen atoms in total. The number of aryl methyl sites for hydroxylation is 2. The van der Waals surface area contributed by atoms with Gasteiger partial charge in [-0.1, -0.05) is 0 Å². The summed E-state index contributed by atoms with van der Waals surface area (Å²) >= 11 is 0. The first kappa shape index (κ1) is 11.0. The molecule has 2 N–H and O–H groups in total. The van der Waals surface area contributed by atoms with Gasteiger partial charge in [0.15, 0.2) is 0 Å². The van der Waals surface area contributed by atoms with Crippen LogP contribution in [0.3, 0.4) is 0 Å². The average Bonchev–Trinajstić information content (AvgIpc) is 2.65. The lowest BCUT2D eigenvalue weighted by Gasteiger charge is -2.03. The topological polar surface area (TPSA) is 69.4 Å². The molecule has 0 aliphatic heterocycles. The number of hydrogen-bond donors (Lipinski definition) is 1. The third kappa shape index (κ3) is 1.39. The highest BCUT2D eigenvalue weighted by atomic mass is 16.4. The maximum absolute atomic E-state index is 11.4. The lowest BCUT2D eigenvalue weighted by molar-refractivity contribution is 0.561. The Hall–Kier alpha value is -2.07. The van der Waals surface area contributed by atoms with Crippen LogP contribution in [0.15, 0.2) is 31.8 Å². The Morgan fingerprint density at radius 2 is 1.94 bits per heavy atom. The first-order chi connectivity index (χ1) is 8.61. The molecule has 92 valence electrons. The predicted octanol–water partition coefficient (Wildman–Crippen LogP) is 2.61. The lowest BCUT2D eigenvalue weighted by Crippen LogP contribution is -1.99. The maximum Gasteiger partial charge on any atom is 0.336 e. The number of benzene rings is 1. The van der Waals surface area contributed by atoms with E-state index in [0.29, 0.717) is 17.7 Å². The Bertz CT molecular complexity index is 811. The van der Waals surface area contributed by atoms with E-state index in [1.165, 1.54) is 6.07 Å². The van der Waals surface area contributed by atoms with Crippen molar-refractivity contribution in [2.75, 3.05) is 0 Å². The minimum absolute atomic E-state index is 0.359. The minimum atomic E-state index is -0.359. The van der Waals surface area contributed by atoms with E-state index in [9.17, 15) is 4.79 Å². The van der Waals surface area contributed by atoms with Crippen LogP contribution in [-0.2, 0) is 6.54 Å². The molecule has 0 amide bonds. The van der Waals surface area contributed by atoms with Crippen molar-refractivity contribution in [3.63, 3.8) is 0 Å². The molecule has 0 radical (unpaired) electrons. The van der Waals surface area contributed by atoms with Crippen LogP contribution in [0.25, 0.3) is 21.9 Å². The summed E-state index contributed by atoms with van der Waals surface area (Å²) in [6.45, 7) is 4.23. The molecular formula is C14H13NO3. The summed E-state index contributed by atoms with van der Waals surface area (Å²) in [5.74, 6) is 0.818. The molecule has 3 aromatic rings. The second kappa shape index (κ2) is 3.71. The third-order valence-electron chi connectivity index (χ3n) is 3.32. The summed E-state index contributed by atoms with van der Waals surface area (Å²) in [6, 6.07) is 5.07. The highest BCUT2D eigenvalue weighted by Crippen LogP contribution is 2.33. The van der Waals surface area contributed by atoms with E-state index in [1.54, 1.807) is 6.07 Å². The van der Waals surface area contributed by atoms with Gasteiger partial charge >= 0.3 is 5.63 Å². The van der Waals surface area contributed by atoms with Gasteiger partial charge in [0.05, 0.1) is 5.39 Å². The van der Waals surface area contributed by atoms with Crippen molar-refractivity contribution in [1.29, 1.82) is 0 Å². The highest BCUT2D eigenvalue weighted by Gasteiger charge is 2.16. The van der Waals surface area contributed by atoms with Crippen molar-refractivity contribution in [1.82, 2.24) is 0 Å². The molecule has 18 heavy (non-hydrogen) atoms. The van der Waals surface area contributed by atoms with Gasteiger partial charge in [0.25, 0.3) is 0 Å². The highest BCUT2D eigenvalue weighted by molar-refractivity contribution is 6.05. The summed E-state index contributed by atoms with van der Waals surface area (Å²) in [5.41, 5.74) is 8.58. The summed E-state index contributed by atoms with van der Waals surface area (Å²) in [5, 5.41) is 1.72. The Labute approximate surface area is 103 Å². The van der Waals surface area contributed by atoms with Crippen LogP contribution in [0, 0.1) is 13.8 Å². The van der Waals surface area contributed by atoms with Crippen LogP contribution in [0.1, 0.15) is 16.9 Å². The second-order valence-electron chi connectivity index (χ2n) is 4.40. The van der Waals surface area contributed by atoms with Gasteiger partial charge in [-0.3, -0.25) is 0 Å². The van der Waals surface area contributed by atoms with Gasteiger partial charge in [-0.2, -0.15) is 0 Å². The second-order valence-corrected chi connectivity index (χ2v) is 4.40. The van der Waals surface area contributed by atoms with E-state index in [2.05, 4.69) is 0 Å². The van der Waals surface area contributed by atoms with E-state index in [-0.39, 0.29) is 5.63 Å². The predicted molar refractivity (Wildman–Crippen MR) is 69.6 cm³/mol. The summed E-state index contributed by atoms with van der Waals surface area (Å²) in [6.07, 6.45) is 0. The van der Waals surface area contributed by atoms with Crippen molar-refractivity contribution in [3.05, 3.63) is 45.5 Å². The van der Waals surface area contributed by atoms with Gasteiger partial charge < -0.3 is 14.6 Å². The quantitative estimate of drug-likeness (QED) is 0.667. The molecular weight excluding hydrogens is 230 g/mol. The summed E-state index contributed by atoms with van der Waals surface area (Å²) < 4.78 is 11.0. The van der Waals surface area contributed by atoms with Crippen LogP contribution < -0.4 is 11.4 Å². The fourth-order valence-electron chi connectivity index (χ4n) is 2.27. The van der Waals surface area contributed by atoms with Crippen LogP contribution in [0.5, 0.6) is 0 Å². The molecule has 0 atom stereocenters. The van der Waals surface area contributed by atoms with Crippen molar-refractivity contribution in [3.8, 4) is 0 Å². The molecule has 0 bridgehead atoms. The number of hydrogen-bond acceptors (Lipinski definition) is 4. The van der Waals surface area contributed by atoms with Gasteiger partial charge in [-0.15, -0.1) is 0 Å². The average molecular weight is 243 g/mol. The largest absolute Gasteiger partial charge is 0.461 e. The molecule has 1 aromatic carbocycles. The minimum Gasteiger partial charge on any atom is -0.461 e. The number of fused-ring (bicyclic) bond motifs is 3. The van der Waals surface area contributed by atoms with E-state index >= 15 is 0 Å². The SMILES string of the molecule is Cc1oc2c(CN)cc3ccc(=O)oc3c2c1C. The smallest absolute Gasteiger partial charge is 0.336 e. The van der Waals surface area contributed by atoms with Gasteiger partial charge in [0, 0.05) is 29.1 Å². The Balaban J connectivity index is 2.64. The number of nitrogens with two attached hydrogens (primary N) is 1. The molecule has 0 aliphatic rings. The fourth-order valence-corrected chi connectivity index (χ4v) is 2.27. The van der Waals surface area contributed by atoms with Gasteiger partial charge in [0.1, 0.15) is 16.9 Å². The van der Waals surface area contributed by atoms with E-state index in [1.807, 2.05) is 19.9 Å². The molecule has 3 rings (SSSR count). The maximum atomic E-state index is 11.4. The zero-order valence-electron chi connectivity index (χ0n) is 10.2. The fraction of sp³-hybridized carbons (Fsp3) is 0.214. The zero-order chi connectivity index (χ0) is 12.9. The van der Waals surface area contributed by atoms with Gasteiger partial charge in [0.2, 0.25) is 0 Å². The first-order valence-electron chi connectivity index (χ1n) is 5.77. The summed E-state index contributed by atoms with van der Waals surface area (Å²) in [7, 11) is 0.